The van der Waals surface area contributed by atoms with E-state index >= 15 is 0 Å². The topological polar surface area (TPSA) is 103 Å². The monoisotopic (exact) mass is 474 g/mol. The highest BCUT2D eigenvalue weighted by Crippen LogP contribution is 2.32. The first-order valence-corrected chi connectivity index (χ1v) is 11.9. The van der Waals surface area contributed by atoms with Gasteiger partial charge in [-0.2, -0.15) is 13.2 Å². The van der Waals surface area contributed by atoms with Gasteiger partial charge in [-0.3, -0.25) is 4.79 Å². The Bertz CT molecular complexity index is 1000. The number of nitrogens with zero attached hydrogens (tertiary/aromatic N) is 2. The summed E-state index contributed by atoms with van der Waals surface area (Å²) in [7, 11) is -4.87. The lowest BCUT2D eigenvalue weighted by atomic mass is 9.88. The Morgan fingerprint density at radius 2 is 1.94 bits per heavy atom. The molecule has 0 aliphatic carbocycles. The third-order valence-corrected chi connectivity index (χ3v) is 7.81. The van der Waals surface area contributed by atoms with Crippen molar-refractivity contribution in [2.45, 2.75) is 35.2 Å². The minimum absolute atomic E-state index is 0.0429. The molecule has 4 rings (SSSR count). The van der Waals surface area contributed by atoms with Crippen LogP contribution < -0.4 is 5.32 Å². The molecule has 0 unspecified atom stereocenters. The highest BCUT2D eigenvalue weighted by atomic mass is 32.2. The zero-order valence-corrected chi connectivity index (χ0v) is 18.1. The molecule has 32 heavy (non-hydrogen) atoms. The number of carbonyl (C=O) groups excluding carboxylic acids is 2. The van der Waals surface area contributed by atoms with Crippen LogP contribution in [0.2, 0.25) is 0 Å². The summed E-state index contributed by atoms with van der Waals surface area (Å²) in [6, 6.07) is 5.27. The number of carbonyl (C=O) groups is 2. The molecule has 3 aliphatic rings. The van der Waals surface area contributed by atoms with Crippen molar-refractivity contribution in [2.75, 3.05) is 39.4 Å². The smallest absolute Gasteiger partial charge is 0.369 e. The molecule has 3 heterocycles. The lowest BCUT2D eigenvalue weighted by Crippen LogP contribution is -2.76. The van der Waals surface area contributed by atoms with E-state index < -0.39 is 25.7 Å². The maximum atomic E-state index is 12.9. The van der Waals surface area contributed by atoms with Crippen molar-refractivity contribution in [1.29, 1.82) is 4.78 Å². The molecule has 0 saturated carbocycles. The van der Waals surface area contributed by atoms with Gasteiger partial charge in [0.1, 0.15) is 6.61 Å². The van der Waals surface area contributed by atoms with Crippen LogP contribution in [0.1, 0.15) is 18.4 Å². The molecule has 0 radical (unpaired) electrons. The number of hydrogen-bond acceptors (Lipinski definition) is 5. The van der Waals surface area contributed by atoms with E-state index in [1.165, 1.54) is 12.1 Å². The predicted molar refractivity (Wildman–Crippen MR) is 108 cm³/mol. The lowest BCUT2D eigenvalue weighted by Gasteiger charge is -2.52. The van der Waals surface area contributed by atoms with Crippen molar-refractivity contribution < 1.29 is 31.7 Å². The van der Waals surface area contributed by atoms with Gasteiger partial charge in [-0.1, -0.05) is 12.1 Å². The van der Waals surface area contributed by atoms with Gasteiger partial charge in [-0.15, -0.1) is 0 Å². The zero-order chi connectivity index (χ0) is 23.1. The van der Waals surface area contributed by atoms with Crippen LogP contribution in [0.4, 0.5) is 18.0 Å². The third-order valence-electron chi connectivity index (χ3n) is 6.24. The number of benzene rings is 1. The van der Waals surface area contributed by atoms with Crippen LogP contribution in [0.25, 0.3) is 0 Å². The van der Waals surface area contributed by atoms with Gasteiger partial charge in [-0.05, 0) is 42.9 Å². The molecule has 12 heteroatoms. The number of rotatable bonds is 3. The molecule has 1 spiro atoms. The number of alkyl halides is 3. The summed E-state index contributed by atoms with van der Waals surface area (Å²) in [5.41, 5.74) is -4.99. The Hall–Kier alpha value is -2.34. The van der Waals surface area contributed by atoms with E-state index in [9.17, 15) is 27.0 Å². The van der Waals surface area contributed by atoms with E-state index in [0.717, 1.165) is 6.07 Å². The van der Waals surface area contributed by atoms with E-state index in [4.69, 9.17) is 9.52 Å². The van der Waals surface area contributed by atoms with Crippen LogP contribution in [-0.4, -0.2) is 76.4 Å². The fourth-order valence-corrected chi connectivity index (χ4v) is 5.40. The normalized spacial score (nSPS) is 23.4. The molecule has 8 nitrogen and oxygen atoms in total. The van der Waals surface area contributed by atoms with Crippen LogP contribution >= 0.6 is 0 Å². The van der Waals surface area contributed by atoms with E-state index in [1.807, 2.05) is 0 Å². The van der Waals surface area contributed by atoms with Crippen molar-refractivity contribution in [2.24, 2.45) is 5.92 Å². The Labute approximate surface area is 184 Å². The summed E-state index contributed by atoms with van der Waals surface area (Å²) in [5.74, 6) is 0.000409. The van der Waals surface area contributed by atoms with Gasteiger partial charge in [0.15, 0.2) is 9.73 Å². The SMILES string of the molecule is N=[S@@](=O)(c1cccc(CC2CCN(C(=O)N3CC4(COCC(=O)N4)C3)CC2)c1)C(F)(F)F. The second-order valence-electron chi connectivity index (χ2n) is 8.74. The Kier molecular flexibility index (Phi) is 5.86. The number of halogens is 3. The Balaban J connectivity index is 1.29. The molecule has 3 amide bonds. The summed E-state index contributed by atoms with van der Waals surface area (Å²) in [4.78, 5) is 27.2. The van der Waals surface area contributed by atoms with Crippen LogP contribution in [0, 0.1) is 10.7 Å². The van der Waals surface area contributed by atoms with Gasteiger partial charge >= 0.3 is 11.5 Å². The molecule has 3 fully saturated rings. The first-order chi connectivity index (χ1) is 15.0. The summed E-state index contributed by atoms with van der Waals surface area (Å²) in [5, 5.41) is 2.90. The van der Waals surface area contributed by atoms with Crippen LogP contribution in [0.5, 0.6) is 0 Å². The largest absolute Gasteiger partial charge is 0.483 e. The standard InChI is InChI=1S/C20H25F3N4O4S/c21-20(22,23)32(24,30)16-3-1-2-15(9-16)8-14-4-6-26(7-5-14)18(29)27-11-19(12-27)13-31-10-17(28)25-19/h1-3,9,14,24H,4-8,10-13H2,(H,25,28)/t32-/m1/s1. The minimum atomic E-state index is -5.11. The number of likely N-dealkylation sites (tertiary alicyclic amines) is 2. The molecule has 176 valence electrons. The molecule has 2 N–H and O–H groups in total. The van der Waals surface area contributed by atoms with E-state index in [2.05, 4.69) is 5.32 Å². The van der Waals surface area contributed by atoms with Gasteiger partial charge < -0.3 is 19.9 Å². The first-order valence-electron chi connectivity index (χ1n) is 10.4. The van der Waals surface area contributed by atoms with Crippen LogP contribution in [0.15, 0.2) is 29.2 Å². The number of morpholine rings is 1. The van der Waals surface area contributed by atoms with E-state index in [1.54, 1.807) is 15.9 Å². The zero-order valence-electron chi connectivity index (χ0n) is 17.3. The number of nitrogens with one attached hydrogen (secondary N) is 2. The molecular weight excluding hydrogens is 449 g/mol. The first kappa shape index (κ1) is 22.8. The number of hydrogen-bond donors (Lipinski definition) is 2. The summed E-state index contributed by atoms with van der Waals surface area (Å²) in [6.45, 7) is 2.33. The average molecular weight is 475 g/mol. The number of piperidine rings is 1. The quantitative estimate of drug-likeness (QED) is 0.701. The molecule has 3 aliphatic heterocycles. The van der Waals surface area contributed by atoms with Gasteiger partial charge in [0, 0.05) is 26.2 Å². The summed E-state index contributed by atoms with van der Waals surface area (Å²) >= 11 is 0. The predicted octanol–water partition coefficient (Wildman–Crippen LogP) is 2.19. The Morgan fingerprint density at radius 3 is 2.56 bits per heavy atom. The molecule has 1 atom stereocenters. The summed E-state index contributed by atoms with van der Waals surface area (Å²) in [6.07, 6.45) is 1.90. The fraction of sp³-hybridized carbons (Fsp3) is 0.600. The minimum Gasteiger partial charge on any atom is -0.369 e. The molecule has 3 saturated heterocycles. The van der Waals surface area contributed by atoms with E-state index in [-0.39, 0.29) is 24.5 Å². The maximum Gasteiger partial charge on any atom is 0.483 e. The highest BCUT2D eigenvalue weighted by molar-refractivity contribution is 7.93. The number of amides is 3. The van der Waals surface area contributed by atoms with Crippen molar-refractivity contribution in [3.63, 3.8) is 0 Å². The fourth-order valence-electron chi connectivity index (χ4n) is 4.54. The van der Waals surface area contributed by atoms with Gasteiger partial charge in [-0.25, -0.2) is 13.8 Å². The second-order valence-corrected chi connectivity index (χ2v) is 10.8. The van der Waals surface area contributed by atoms with Crippen molar-refractivity contribution in [3.8, 4) is 0 Å². The van der Waals surface area contributed by atoms with Crippen LogP contribution in [0.3, 0.4) is 0 Å². The average Bonchev–Trinajstić information content (AvgIpc) is 2.71. The number of urea groups is 1. The molecule has 0 bridgehead atoms. The summed E-state index contributed by atoms with van der Waals surface area (Å²) < 4.78 is 63.2. The van der Waals surface area contributed by atoms with Crippen LogP contribution in [-0.2, 0) is 25.7 Å². The molecule has 1 aromatic carbocycles. The van der Waals surface area contributed by atoms with Gasteiger partial charge in [0.25, 0.3) is 0 Å². The molecule has 0 aromatic heterocycles. The molecular formula is C20H25F3N4O4S. The van der Waals surface area contributed by atoms with E-state index in [0.29, 0.717) is 57.6 Å². The Morgan fingerprint density at radius 1 is 1.25 bits per heavy atom. The number of ether oxygens (including phenoxy) is 1. The second kappa shape index (κ2) is 8.22. The van der Waals surface area contributed by atoms with Gasteiger partial charge in [0.2, 0.25) is 5.91 Å². The van der Waals surface area contributed by atoms with Crippen molar-refractivity contribution in [3.05, 3.63) is 29.8 Å². The lowest BCUT2D eigenvalue weighted by molar-refractivity contribution is -0.141. The third kappa shape index (κ3) is 4.42. The highest BCUT2D eigenvalue weighted by Gasteiger charge is 2.49. The maximum absolute atomic E-state index is 12.9. The van der Waals surface area contributed by atoms with Crippen molar-refractivity contribution >= 4 is 21.7 Å². The van der Waals surface area contributed by atoms with Crippen molar-refractivity contribution in [1.82, 2.24) is 15.1 Å². The van der Waals surface area contributed by atoms with Gasteiger partial charge in [0.05, 0.1) is 17.0 Å². The molecule has 1 aromatic rings.